The van der Waals surface area contributed by atoms with Gasteiger partial charge in [0.2, 0.25) is 0 Å². The minimum absolute atomic E-state index is 0.0918. The van der Waals surface area contributed by atoms with E-state index in [1.54, 1.807) is 14.1 Å². The smallest absolute Gasteiger partial charge is 0.279 e. The Balaban J connectivity index is 1.19. The first-order chi connectivity index (χ1) is 14.4. The summed E-state index contributed by atoms with van der Waals surface area (Å²) >= 11 is 0. The van der Waals surface area contributed by atoms with E-state index in [9.17, 15) is 8.42 Å². The molecule has 2 aromatic rings. The fourth-order valence-electron chi connectivity index (χ4n) is 5.03. The molecule has 0 unspecified atom stereocenters. The molecular weight excluding hydrogens is 398 g/mol. The van der Waals surface area contributed by atoms with Crippen LogP contribution in [0.15, 0.2) is 34.9 Å². The average Bonchev–Trinajstić information content (AvgIpc) is 3.17. The molecule has 7 heteroatoms. The van der Waals surface area contributed by atoms with Crippen molar-refractivity contribution in [2.45, 2.75) is 56.9 Å². The standard InChI is InChI=1S/C23H35N3O3S/c1-25(2)30(27,28)24-20-9-7-18(8-10-20)11-14-26-15-12-19(13-16-26)22-17-29-23-6-4-3-5-21(22)23/h3-6,17-20,24H,7-16H2,1-2H3. The van der Waals surface area contributed by atoms with Gasteiger partial charge >= 0.3 is 0 Å². The molecule has 1 aliphatic carbocycles. The predicted molar refractivity (Wildman–Crippen MR) is 121 cm³/mol. The molecule has 1 aromatic heterocycles. The third-order valence-electron chi connectivity index (χ3n) is 7.03. The van der Waals surface area contributed by atoms with Gasteiger partial charge in [0, 0.05) is 31.1 Å². The van der Waals surface area contributed by atoms with Crippen molar-refractivity contribution in [2.75, 3.05) is 33.7 Å². The number of rotatable bonds is 7. The van der Waals surface area contributed by atoms with Crippen molar-refractivity contribution in [3.05, 3.63) is 36.1 Å². The fraction of sp³-hybridized carbons (Fsp3) is 0.652. The van der Waals surface area contributed by atoms with E-state index in [1.807, 2.05) is 18.4 Å². The third kappa shape index (κ3) is 5.07. The lowest BCUT2D eigenvalue weighted by molar-refractivity contribution is 0.185. The largest absolute Gasteiger partial charge is 0.464 e. The van der Waals surface area contributed by atoms with Crippen molar-refractivity contribution in [1.82, 2.24) is 13.9 Å². The molecule has 2 fully saturated rings. The zero-order valence-corrected chi connectivity index (χ0v) is 19.0. The first kappa shape index (κ1) is 21.8. The first-order valence-electron chi connectivity index (χ1n) is 11.3. The summed E-state index contributed by atoms with van der Waals surface area (Å²) in [4.78, 5) is 2.61. The van der Waals surface area contributed by atoms with Crippen LogP contribution in [-0.4, -0.2) is 57.4 Å². The zero-order valence-electron chi connectivity index (χ0n) is 18.2. The van der Waals surface area contributed by atoms with Gasteiger partial charge in [-0.05, 0) is 82.5 Å². The van der Waals surface area contributed by atoms with Gasteiger partial charge in [0.1, 0.15) is 5.58 Å². The molecule has 30 heavy (non-hydrogen) atoms. The van der Waals surface area contributed by atoms with Crippen molar-refractivity contribution < 1.29 is 12.8 Å². The number of likely N-dealkylation sites (tertiary alicyclic amines) is 1. The van der Waals surface area contributed by atoms with E-state index in [2.05, 4.69) is 21.8 Å². The number of benzene rings is 1. The monoisotopic (exact) mass is 433 g/mol. The maximum atomic E-state index is 12.0. The number of piperidine rings is 1. The molecule has 2 aliphatic rings. The van der Waals surface area contributed by atoms with Crippen LogP contribution in [0.25, 0.3) is 11.0 Å². The lowest BCUT2D eigenvalue weighted by Gasteiger charge is -2.34. The van der Waals surface area contributed by atoms with Crippen molar-refractivity contribution in [3.63, 3.8) is 0 Å². The van der Waals surface area contributed by atoms with Gasteiger partial charge in [0.25, 0.3) is 10.2 Å². The quantitative estimate of drug-likeness (QED) is 0.718. The molecule has 1 aromatic carbocycles. The minimum Gasteiger partial charge on any atom is -0.464 e. The second-order valence-electron chi connectivity index (χ2n) is 9.21. The number of furan rings is 1. The summed E-state index contributed by atoms with van der Waals surface area (Å²) in [5.74, 6) is 1.32. The second-order valence-corrected chi connectivity index (χ2v) is 11.1. The van der Waals surface area contributed by atoms with Gasteiger partial charge in [-0.25, -0.2) is 0 Å². The maximum absolute atomic E-state index is 12.0. The SMILES string of the molecule is CN(C)S(=O)(=O)NC1CCC(CCN2CCC(c3coc4ccccc34)CC2)CC1. The Hall–Kier alpha value is -1.41. The molecule has 1 aliphatic heterocycles. The second kappa shape index (κ2) is 9.39. The van der Waals surface area contributed by atoms with Crippen LogP contribution in [0.2, 0.25) is 0 Å². The van der Waals surface area contributed by atoms with E-state index in [0.29, 0.717) is 5.92 Å². The van der Waals surface area contributed by atoms with Crippen molar-refractivity contribution in [3.8, 4) is 0 Å². The molecule has 0 spiro atoms. The Morgan fingerprint density at radius 2 is 1.77 bits per heavy atom. The maximum Gasteiger partial charge on any atom is 0.279 e. The molecule has 4 rings (SSSR count). The van der Waals surface area contributed by atoms with E-state index < -0.39 is 10.2 Å². The van der Waals surface area contributed by atoms with Crippen molar-refractivity contribution >= 4 is 21.2 Å². The number of para-hydroxylation sites is 1. The topological polar surface area (TPSA) is 65.8 Å². The summed E-state index contributed by atoms with van der Waals surface area (Å²) < 4.78 is 33.8. The molecule has 1 N–H and O–H groups in total. The minimum atomic E-state index is -3.31. The number of hydrogen-bond donors (Lipinski definition) is 1. The number of nitrogens with one attached hydrogen (secondary N) is 1. The van der Waals surface area contributed by atoms with E-state index >= 15 is 0 Å². The Morgan fingerprint density at radius 1 is 1.07 bits per heavy atom. The number of hydrogen-bond acceptors (Lipinski definition) is 4. The van der Waals surface area contributed by atoms with E-state index in [-0.39, 0.29) is 6.04 Å². The highest BCUT2D eigenvalue weighted by Crippen LogP contribution is 2.35. The highest BCUT2D eigenvalue weighted by Gasteiger charge is 2.27. The molecule has 1 saturated heterocycles. The Morgan fingerprint density at radius 3 is 2.47 bits per heavy atom. The Labute approximate surface area is 180 Å². The number of nitrogens with zero attached hydrogens (tertiary/aromatic N) is 2. The van der Waals surface area contributed by atoms with Gasteiger partial charge < -0.3 is 9.32 Å². The van der Waals surface area contributed by atoms with Crippen LogP contribution in [0, 0.1) is 5.92 Å². The summed E-state index contributed by atoms with van der Waals surface area (Å²) in [5, 5.41) is 1.28. The molecule has 2 heterocycles. The highest BCUT2D eigenvalue weighted by atomic mass is 32.2. The van der Waals surface area contributed by atoms with Gasteiger partial charge in [0.15, 0.2) is 0 Å². The normalized spacial score (nSPS) is 24.6. The van der Waals surface area contributed by atoms with Gasteiger partial charge in [-0.3, -0.25) is 0 Å². The molecule has 166 valence electrons. The molecule has 0 atom stereocenters. The van der Waals surface area contributed by atoms with Crippen LogP contribution in [0.3, 0.4) is 0 Å². The van der Waals surface area contributed by atoms with Crippen LogP contribution in [0.4, 0.5) is 0 Å². The molecule has 0 amide bonds. The average molecular weight is 434 g/mol. The van der Waals surface area contributed by atoms with Crippen LogP contribution >= 0.6 is 0 Å². The van der Waals surface area contributed by atoms with Crippen LogP contribution in [0.5, 0.6) is 0 Å². The lowest BCUT2D eigenvalue weighted by atomic mass is 9.84. The molecule has 0 radical (unpaired) electrons. The summed E-state index contributed by atoms with van der Waals surface area (Å²) in [6.07, 6.45) is 9.74. The molecular formula is C23H35N3O3S. The lowest BCUT2D eigenvalue weighted by Crippen LogP contribution is -2.43. The van der Waals surface area contributed by atoms with Gasteiger partial charge in [-0.2, -0.15) is 17.4 Å². The predicted octanol–water partition coefficient (Wildman–Crippen LogP) is 3.96. The van der Waals surface area contributed by atoms with E-state index in [1.165, 1.54) is 34.5 Å². The number of fused-ring (bicyclic) bond motifs is 1. The van der Waals surface area contributed by atoms with E-state index in [0.717, 1.165) is 56.8 Å². The highest BCUT2D eigenvalue weighted by molar-refractivity contribution is 7.87. The summed E-state index contributed by atoms with van der Waals surface area (Å²) in [5.41, 5.74) is 2.38. The fourth-order valence-corrected chi connectivity index (χ4v) is 5.90. The summed E-state index contributed by atoms with van der Waals surface area (Å²) in [7, 11) is -0.163. The first-order valence-corrected chi connectivity index (χ1v) is 12.7. The van der Waals surface area contributed by atoms with Crippen molar-refractivity contribution in [2.24, 2.45) is 5.92 Å². The van der Waals surface area contributed by atoms with Crippen LogP contribution < -0.4 is 4.72 Å². The summed E-state index contributed by atoms with van der Waals surface area (Å²) in [6.45, 7) is 3.47. The Kier molecular flexibility index (Phi) is 6.82. The third-order valence-corrected chi connectivity index (χ3v) is 8.63. The molecule has 1 saturated carbocycles. The van der Waals surface area contributed by atoms with Crippen molar-refractivity contribution in [1.29, 1.82) is 0 Å². The van der Waals surface area contributed by atoms with Crippen LogP contribution in [0.1, 0.15) is 56.4 Å². The Bertz CT molecular complexity index is 924. The zero-order chi connectivity index (χ0) is 21.1. The molecule has 0 bridgehead atoms. The van der Waals surface area contributed by atoms with E-state index in [4.69, 9.17) is 4.42 Å². The molecule has 6 nitrogen and oxygen atoms in total. The van der Waals surface area contributed by atoms with Gasteiger partial charge in [-0.1, -0.05) is 18.2 Å². The van der Waals surface area contributed by atoms with Crippen LogP contribution in [-0.2, 0) is 10.2 Å². The van der Waals surface area contributed by atoms with Gasteiger partial charge in [-0.15, -0.1) is 0 Å². The summed E-state index contributed by atoms with van der Waals surface area (Å²) in [6, 6.07) is 8.44. The van der Waals surface area contributed by atoms with Gasteiger partial charge in [0.05, 0.1) is 6.26 Å².